The van der Waals surface area contributed by atoms with Crippen LogP contribution in [0.2, 0.25) is 0 Å². The molecular formula is C41H51N5O4. The second kappa shape index (κ2) is 17.0. The molecule has 1 aromatic heterocycles. The van der Waals surface area contributed by atoms with Crippen LogP contribution < -0.4 is 15.0 Å². The number of ether oxygens (including phenoxy) is 3. The molecule has 1 atom stereocenters. The fourth-order valence-corrected chi connectivity index (χ4v) is 6.66. The first-order valence-corrected chi connectivity index (χ1v) is 18.0. The van der Waals surface area contributed by atoms with Gasteiger partial charge in [-0.1, -0.05) is 43.7 Å². The second-order valence-electron chi connectivity index (χ2n) is 13.4. The fourth-order valence-electron chi connectivity index (χ4n) is 6.66. The predicted octanol–water partition coefficient (Wildman–Crippen LogP) is 7.67. The number of amides is 1. The molecule has 1 N–H and O–H groups in total. The SMILES string of the molecule is CCCCOC(C)Oc1ccc(-c2ccc3c(c2)C=C(C(=O)Nc2ccc(CN(C)C4CCOCC4)cc2)CCN3Cc2ccnn2C)cc1. The number of aromatic nitrogens is 2. The Labute approximate surface area is 296 Å². The van der Waals surface area contributed by atoms with Gasteiger partial charge in [0.2, 0.25) is 0 Å². The maximum atomic E-state index is 13.8. The van der Waals surface area contributed by atoms with Gasteiger partial charge in [0.05, 0.1) is 18.8 Å². The van der Waals surface area contributed by atoms with Crippen molar-refractivity contribution < 1.29 is 19.0 Å². The van der Waals surface area contributed by atoms with Crippen molar-refractivity contribution in [2.75, 3.05) is 43.6 Å². The fraction of sp³-hybridized carbons (Fsp3) is 0.415. The summed E-state index contributed by atoms with van der Waals surface area (Å²) in [4.78, 5) is 18.5. The smallest absolute Gasteiger partial charge is 0.251 e. The monoisotopic (exact) mass is 677 g/mol. The molecule has 1 unspecified atom stereocenters. The molecule has 9 nitrogen and oxygen atoms in total. The van der Waals surface area contributed by atoms with Crippen molar-refractivity contribution in [1.29, 1.82) is 0 Å². The molecule has 2 aliphatic heterocycles. The van der Waals surface area contributed by atoms with E-state index in [4.69, 9.17) is 14.2 Å². The molecule has 6 rings (SSSR count). The predicted molar refractivity (Wildman–Crippen MR) is 200 cm³/mol. The molecule has 4 aromatic rings. The molecule has 9 heteroatoms. The third-order valence-corrected chi connectivity index (χ3v) is 9.71. The number of hydrogen-bond donors (Lipinski definition) is 1. The highest BCUT2D eigenvalue weighted by molar-refractivity contribution is 6.07. The third kappa shape index (κ3) is 9.21. The summed E-state index contributed by atoms with van der Waals surface area (Å²) in [7, 11) is 4.15. The lowest BCUT2D eigenvalue weighted by Crippen LogP contribution is -2.36. The van der Waals surface area contributed by atoms with Gasteiger partial charge >= 0.3 is 0 Å². The molecular weight excluding hydrogens is 626 g/mol. The lowest BCUT2D eigenvalue weighted by Gasteiger charge is -2.31. The summed E-state index contributed by atoms with van der Waals surface area (Å²) in [6, 6.07) is 25.4. The van der Waals surface area contributed by atoms with Crippen LogP contribution in [0.25, 0.3) is 17.2 Å². The number of carbonyl (C=O) groups excluding carboxylic acids is 1. The minimum absolute atomic E-state index is 0.0763. The Kier molecular flexibility index (Phi) is 12.0. The van der Waals surface area contributed by atoms with Gasteiger partial charge in [-0.05, 0) is 110 Å². The van der Waals surface area contributed by atoms with Crippen LogP contribution in [-0.4, -0.2) is 66.3 Å². The Morgan fingerprint density at radius 2 is 1.80 bits per heavy atom. The highest BCUT2D eigenvalue weighted by Crippen LogP contribution is 2.34. The van der Waals surface area contributed by atoms with Crippen molar-refractivity contribution in [1.82, 2.24) is 14.7 Å². The van der Waals surface area contributed by atoms with E-state index in [1.165, 1.54) is 5.56 Å². The zero-order valence-corrected chi connectivity index (χ0v) is 29.9. The van der Waals surface area contributed by atoms with Gasteiger partial charge in [0, 0.05) is 62.5 Å². The van der Waals surface area contributed by atoms with Crippen LogP contribution in [-0.2, 0) is 34.4 Å². The van der Waals surface area contributed by atoms with E-state index in [1.807, 2.05) is 55.2 Å². The van der Waals surface area contributed by atoms with Gasteiger partial charge in [-0.15, -0.1) is 0 Å². The molecule has 0 radical (unpaired) electrons. The molecule has 0 saturated carbocycles. The molecule has 3 heterocycles. The lowest BCUT2D eigenvalue weighted by atomic mass is 10.00. The summed E-state index contributed by atoms with van der Waals surface area (Å²) in [6.07, 6.45) is 8.45. The van der Waals surface area contributed by atoms with Crippen molar-refractivity contribution >= 4 is 23.4 Å². The van der Waals surface area contributed by atoms with Crippen molar-refractivity contribution in [3.05, 3.63) is 101 Å². The van der Waals surface area contributed by atoms with Gasteiger partial charge in [-0.2, -0.15) is 5.10 Å². The first kappa shape index (κ1) is 35.4. The Bertz CT molecular complexity index is 1730. The molecule has 1 fully saturated rings. The average molecular weight is 678 g/mol. The maximum absolute atomic E-state index is 13.8. The molecule has 50 heavy (non-hydrogen) atoms. The van der Waals surface area contributed by atoms with Gasteiger partial charge in [0.15, 0.2) is 6.29 Å². The molecule has 0 bridgehead atoms. The van der Waals surface area contributed by atoms with Crippen LogP contribution in [0.15, 0.2) is 84.6 Å². The zero-order chi connectivity index (χ0) is 34.9. The van der Waals surface area contributed by atoms with Crippen molar-refractivity contribution in [3.63, 3.8) is 0 Å². The van der Waals surface area contributed by atoms with E-state index in [2.05, 4.69) is 82.7 Å². The minimum atomic E-state index is -0.304. The van der Waals surface area contributed by atoms with E-state index < -0.39 is 0 Å². The van der Waals surface area contributed by atoms with Crippen LogP contribution in [0.5, 0.6) is 5.75 Å². The number of carbonyl (C=O) groups is 1. The molecule has 1 amide bonds. The van der Waals surface area contributed by atoms with E-state index in [1.54, 1.807) is 0 Å². The van der Waals surface area contributed by atoms with E-state index in [9.17, 15) is 4.79 Å². The summed E-state index contributed by atoms with van der Waals surface area (Å²) in [5.41, 5.74) is 8.13. The topological polar surface area (TPSA) is 81.1 Å². The molecule has 2 aliphatic rings. The second-order valence-corrected chi connectivity index (χ2v) is 13.4. The van der Waals surface area contributed by atoms with E-state index in [0.717, 1.165) is 90.5 Å². The first-order chi connectivity index (χ1) is 24.4. The Morgan fingerprint density at radius 3 is 2.52 bits per heavy atom. The number of nitrogens with one attached hydrogen (secondary N) is 1. The van der Waals surface area contributed by atoms with E-state index >= 15 is 0 Å². The number of benzene rings is 3. The lowest BCUT2D eigenvalue weighted by molar-refractivity contribution is -0.112. The molecule has 264 valence electrons. The molecule has 1 saturated heterocycles. The zero-order valence-electron chi connectivity index (χ0n) is 29.9. The Balaban J connectivity index is 1.18. The van der Waals surface area contributed by atoms with Crippen LogP contribution in [0.4, 0.5) is 11.4 Å². The number of nitrogens with zero attached hydrogens (tertiary/aromatic N) is 4. The number of unbranched alkanes of at least 4 members (excludes halogenated alkanes) is 1. The van der Waals surface area contributed by atoms with Gasteiger partial charge in [-0.25, -0.2) is 0 Å². The Hall–Kier alpha value is -4.44. The van der Waals surface area contributed by atoms with Crippen LogP contribution in [0.1, 0.15) is 62.8 Å². The van der Waals surface area contributed by atoms with Crippen LogP contribution in [0, 0.1) is 0 Å². The summed E-state index contributed by atoms with van der Waals surface area (Å²) >= 11 is 0. The van der Waals surface area contributed by atoms with E-state index in [-0.39, 0.29) is 12.2 Å². The van der Waals surface area contributed by atoms with Crippen molar-refractivity contribution in [2.45, 2.75) is 71.4 Å². The summed E-state index contributed by atoms with van der Waals surface area (Å²) in [5, 5.41) is 7.55. The Morgan fingerprint density at radius 1 is 1.04 bits per heavy atom. The molecule has 0 spiro atoms. The van der Waals surface area contributed by atoms with Gasteiger partial charge in [-0.3, -0.25) is 14.4 Å². The van der Waals surface area contributed by atoms with Gasteiger partial charge < -0.3 is 24.4 Å². The van der Waals surface area contributed by atoms with Gasteiger partial charge in [0.1, 0.15) is 5.75 Å². The largest absolute Gasteiger partial charge is 0.465 e. The summed E-state index contributed by atoms with van der Waals surface area (Å²) in [5.74, 6) is 0.695. The number of anilines is 2. The van der Waals surface area contributed by atoms with Crippen molar-refractivity contribution in [3.8, 4) is 16.9 Å². The highest BCUT2D eigenvalue weighted by atomic mass is 16.7. The van der Waals surface area contributed by atoms with Crippen LogP contribution >= 0.6 is 0 Å². The number of hydrogen-bond acceptors (Lipinski definition) is 7. The summed E-state index contributed by atoms with van der Waals surface area (Å²) in [6.45, 7) is 8.71. The number of fused-ring (bicyclic) bond motifs is 1. The van der Waals surface area contributed by atoms with Crippen molar-refractivity contribution in [2.24, 2.45) is 7.05 Å². The maximum Gasteiger partial charge on any atom is 0.251 e. The normalized spacial score (nSPS) is 15.7. The standard InChI is InChI=1S/C41H51N5O4/c1-5-6-23-49-30(2)50-39-14-9-32(10-15-39)33-11-16-40-35(26-33)27-34(18-22-46(40)29-38-17-21-42-45(38)4)41(47)43-36-12-7-31(8-13-36)28-44(3)37-19-24-48-25-20-37/h7-17,21,26-27,30,37H,5-6,18-20,22-25,28-29H2,1-4H3,(H,43,47). The summed E-state index contributed by atoms with van der Waals surface area (Å²) < 4.78 is 19.2. The molecule has 3 aromatic carbocycles. The quantitative estimate of drug-likeness (QED) is 0.108. The first-order valence-electron chi connectivity index (χ1n) is 18.0. The van der Waals surface area contributed by atoms with Crippen LogP contribution in [0.3, 0.4) is 0 Å². The molecule has 0 aliphatic carbocycles. The van der Waals surface area contributed by atoms with E-state index in [0.29, 0.717) is 32.2 Å². The highest BCUT2D eigenvalue weighted by Gasteiger charge is 2.22. The number of rotatable bonds is 14. The van der Waals surface area contributed by atoms with Gasteiger partial charge in [0.25, 0.3) is 5.91 Å². The average Bonchev–Trinajstić information content (AvgIpc) is 3.44. The third-order valence-electron chi connectivity index (χ3n) is 9.71. The minimum Gasteiger partial charge on any atom is -0.465 e. The number of aryl methyl sites for hydroxylation is 1.